The normalized spacial score (nSPS) is 11.1. The zero-order valence-electron chi connectivity index (χ0n) is 16.0. The lowest BCUT2D eigenvalue weighted by Gasteiger charge is -2.05. The third-order valence-corrected chi connectivity index (χ3v) is 8.90. The van der Waals surface area contributed by atoms with E-state index in [1.807, 2.05) is 11.8 Å². The van der Waals surface area contributed by atoms with Crippen LogP contribution in [0.2, 0.25) is 0 Å². The van der Waals surface area contributed by atoms with Crippen LogP contribution in [0.4, 0.5) is 0 Å². The molecule has 0 nitrogen and oxygen atoms in total. The summed E-state index contributed by atoms with van der Waals surface area (Å²) in [4.78, 5) is 1.27. The summed E-state index contributed by atoms with van der Waals surface area (Å²) < 4.78 is 1.04. The first-order valence-corrected chi connectivity index (χ1v) is 13.7. The minimum atomic E-state index is 1.02. The van der Waals surface area contributed by atoms with Gasteiger partial charge >= 0.3 is 0 Å². The lowest BCUT2D eigenvalue weighted by atomic mass is 10.0. The fourth-order valence-corrected chi connectivity index (χ4v) is 6.95. The summed E-state index contributed by atoms with van der Waals surface area (Å²) in [5, 5.41) is 2.18. The molecule has 26 heavy (non-hydrogen) atoms. The number of hydrogen-bond donors (Lipinski definition) is 0. The van der Waals surface area contributed by atoms with Crippen LogP contribution < -0.4 is 0 Å². The molecule has 0 aliphatic carbocycles. The molecule has 0 amide bonds. The summed E-state index contributed by atoms with van der Waals surface area (Å²) in [6, 6.07) is 9.21. The van der Waals surface area contributed by atoms with Gasteiger partial charge in [-0.25, -0.2) is 0 Å². The SMILES string of the molecule is CCCCCCCCCCCCc1ccc(CSc2cssc2=S)cc1. The van der Waals surface area contributed by atoms with Crippen LogP contribution in [0, 0.1) is 3.82 Å². The van der Waals surface area contributed by atoms with Crippen LogP contribution in [0.25, 0.3) is 0 Å². The van der Waals surface area contributed by atoms with Crippen molar-refractivity contribution < 1.29 is 0 Å². The Morgan fingerprint density at radius 3 is 1.96 bits per heavy atom. The Morgan fingerprint density at radius 1 is 0.808 bits per heavy atom. The van der Waals surface area contributed by atoms with E-state index in [0.29, 0.717) is 0 Å². The first-order valence-electron chi connectivity index (χ1n) is 10.1. The van der Waals surface area contributed by atoms with Gasteiger partial charge in [0, 0.05) is 16.0 Å². The second-order valence-electron chi connectivity index (χ2n) is 6.99. The molecule has 0 N–H and O–H groups in total. The van der Waals surface area contributed by atoms with E-state index in [2.05, 4.69) is 36.6 Å². The van der Waals surface area contributed by atoms with Crippen molar-refractivity contribution >= 4 is 44.7 Å². The van der Waals surface area contributed by atoms with Crippen molar-refractivity contribution in [1.82, 2.24) is 0 Å². The molecule has 144 valence electrons. The summed E-state index contributed by atoms with van der Waals surface area (Å²) in [5.41, 5.74) is 2.88. The van der Waals surface area contributed by atoms with Gasteiger partial charge in [-0.3, -0.25) is 0 Å². The summed E-state index contributed by atoms with van der Waals surface area (Å²) in [7, 11) is 3.44. The van der Waals surface area contributed by atoms with Gasteiger partial charge in [0.1, 0.15) is 3.82 Å². The van der Waals surface area contributed by atoms with E-state index in [4.69, 9.17) is 12.2 Å². The molecule has 0 radical (unpaired) electrons. The van der Waals surface area contributed by atoms with E-state index in [0.717, 1.165) is 9.58 Å². The number of thioether (sulfide) groups is 1. The predicted octanol–water partition coefficient (Wildman–Crippen LogP) is 9.29. The summed E-state index contributed by atoms with van der Waals surface area (Å²) >= 11 is 7.20. The van der Waals surface area contributed by atoms with E-state index in [1.54, 1.807) is 20.7 Å². The highest BCUT2D eigenvalue weighted by molar-refractivity contribution is 7.99. The Kier molecular flexibility index (Phi) is 11.9. The Labute approximate surface area is 176 Å². The van der Waals surface area contributed by atoms with E-state index >= 15 is 0 Å². The van der Waals surface area contributed by atoms with Crippen molar-refractivity contribution in [3.05, 3.63) is 44.6 Å². The Bertz CT molecular complexity index is 639. The molecule has 2 aromatic rings. The maximum atomic E-state index is 5.34. The van der Waals surface area contributed by atoms with Crippen molar-refractivity contribution in [1.29, 1.82) is 0 Å². The highest BCUT2D eigenvalue weighted by atomic mass is 32.9. The standard InChI is InChI=1S/C22H32S4/c1-2-3-4-5-6-7-8-9-10-11-12-19-13-15-20(16-14-19)17-24-21-18-25-26-22(21)23/h13-16,18H,2-12,17H2,1H3. The highest BCUT2D eigenvalue weighted by Crippen LogP contribution is 2.29. The quantitative estimate of drug-likeness (QED) is 0.128. The minimum absolute atomic E-state index is 1.02. The molecule has 0 saturated heterocycles. The lowest BCUT2D eigenvalue weighted by molar-refractivity contribution is 0.556. The zero-order valence-corrected chi connectivity index (χ0v) is 19.3. The Hall–Kier alpha value is -0.160. The van der Waals surface area contributed by atoms with E-state index in [9.17, 15) is 0 Å². The molecule has 4 heteroatoms. The summed E-state index contributed by atoms with van der Waals surface area (Å²) in [5.74, 6) is 1.02. The molecular formula is C22H32S4. The van der Waals surface area contributed by atoms with Gasteiger partial charge in [0.2, 0.25) is 0 Å². The fourth-order valence-electron chi connectivity index (χ4n) is 3.07. The molecule has 0 atom stereocenters. The van der Waals surface area contributed by atoms with Crippen molar-refractivity contribution in [3.63, 3.8) is 0 Å². The molecule has 1 heterocycles. The van der Waals surface area contributed by atoms with Crippen LogP contribution in [-0.2, 0) is 12.2 Å². The van der Waals surface area contributed by atoms with Crippen LogP contribution in [0.1, 0.15) is 82.3 Å². The van der Waals surface area contributed by atoms with Crippen LogP contribution in [0.5, 0.6) is 0 Å². The second kappa shape index (κ2) is 13.9. The van der Waals surface area contributed by atoms with Gasteiger partial charge in [-0.15, -0.1) is 11.8 Å². The number of hydrogen-bond acceptors (Lipinski definition) is 4. The zero-order chi connectivity index (χ0) is 18.5. The van der Waals surface area contributed by atoms with Gasteiger partial charge in [-0.05, 0) is 24.0 Å². The van der Waals surface area contributed by atoms with E-state index < -0.39 is 0 Å². The maximum Gasteiger partial charge on any atom is 0.115 e. The molecule has 0 bridgehead atoms. The Morgan fingerprint density at radius 2 is 1.38 bits per heavy atom. The van der Waals surface area contributed by atoms with Gasteiger partial charge in [-0.1, -0.05) is 122 Å². The largest absolute Gasteiger partial charge is 0.118 e. The van der Waals surface area contributed by atoms with Crippen LogP contribution in [0.3, 0.4) is 0 Å². The van der Waals surface area contributed by atoms with E-state index in [-0.39, 0.29) is 0 Å². The smallest absolute Gasteiger partial charge is 0.115 e. The lowest BCUT2D eigenvalue weighted by Crippen LogP contribution is -1.88. The third kappa shape index (κ3) is 9.16. The summed E-state index contributed by atoms with van der Waals surface area (Å²) in [6.45, 7) is 2.29. The molecule has 2 rings (SSSR count). The predicted molar refractivity (Wildman–Crippen MR) is 125 cm³/mol. The molecule has 0 spiro atoms. The molecule has 1 aromatic heterocycles. The highest BCUT2D eigenvalue weighted by Gasteiger charge is 2.01. The van der Waals surface area contributed by atoms with Gasteiger partial charge in [0.15, 0.2) is 0 Å². The monoisotopic (exact) mass is 424 g/mol. The van der Waals surface area contributed by atoms with Crippen molar-refractivity contribution in [3.8, 4) is 0 Å². The maximum absolute atomic E-state index is 5.34. The van der Waals surface area contributed by atoms with Crippen molar-refractivity contribution in [2.24, 2.45) is 0 Å². The van der Waals surface area contributed by atoms with Crippen LogP contribution in [0.15, 0.2) is 34.5 Å². The van der Waals surface area contributed by atoms with Crippen molar-refractivity contribution in [2.45, 2.75) is 88.2 Å². The van der Waals surface area contributed by atoms with Gasteiger partial charge in [0.25, 0.3) is 0 Å². The van der Waals surface area contributed by atoms with E-state index in [1.165, 1.54) is 86.7 Å². The van der Waals surface area contributed by atoms with Gasteiger partial charge in [0.05, 0.1) is 0 Å². The Balaban J connectivity index is 1.52. The fraction of sp³-hybridized carbons (Fsp3) is 0.591. The van der Waals surface area contributed by atoms with Gasteiger partial charge in [-0.2, -0.15) is 0 Å². The summed E-state index contributed by atoms with van der Waals surface area (Å²) in [6.07, 6.45) is 15.3. The third-order valence-electron chi connectivity index (χ3n) is 4.72. The number of rotatable bonds is 14. The molecule has 0 aliphatic heterocycles. The first kappa shape index (κ1) is 22.1. The van der Waals surface area contributed by atoms with Gasteiger partial charge < -0.3 is 0 Å². The van der Waals surface area contributed by atoms with Crippen LogP contribution in [-0.4, -0.2) is 0 Å². The molecule has 0 saturated carbocycles. The topological polar surface area (TPSA) is 0 Å². The number of unbranched alkanes of at least 4 members (excludes halogenated alkanes) is 9. The number of aryl methyl sites for hydroxylation is 1. The van der Waals surface area contributed by atoms with Crippen LogP contribution >= 0.6 is 44.7 Å². The molecule has 0 unspecified atom stereocenters. The second-order valence-corrected chi connectivity index (χ2v) is 10.8. The first-order chi connectivity index (χ1) is 12.8. The molecule has 0 fully saturated rings. The average Bonchev–Trinajstić information content (AvgIpc) is 3.07. The minimum Gasteiger partial charge on any atom is -0.118 e. The molecule has 1 aromatic carbocycles. The van der Waals surface area contributed by atoms with Crippen molar-refractivity contribution in [2.75, 3.05) is 0 Å². The molecule has 0 aliphatic rings. The molecular weight excluding hydrogens is 393 g/mol. The number of benzene rings is 1. The average molecular weight is 425 g/mol.